The van der Waals surface area contributed by atoms with Crippen LogP contribution in [0.4, 0.5) is 0 Å². The van der Waals surface area contributed by atoms with Crippen LogP contribution >= 0.6 is 12.4 Å². The predicted molar refractivity (Wildman–Crippen MR) is 112 cm³/mol. The molecule has 130 valence electrons. The zero-order valence-electron chi connectivity index (χ0n) is 14.9. The lowest BCUT2D eigenvalue weighted by Crippen LogP contribution is -2.21. The predicted octanol–water partition coefficient (Wildman–Crippen LogP) is 5.05. The molecule has 0 bridgehead atoms. The molecule has 2 nitrogen and oxygen atoms in total. The highest BCUT2D eigenvalue weighted by Crippen LogP contribution is 2.35. The van der Waals surface area contributed by atoms with Gasteiger partial charge in [-0.3, -0.25) is 0 Å². The van der Waals surface area contributed by atoms with Gasteiger partial charge in [-0.25, -0.2) is 0 Å². The van der Waals surface area contributed by atoms with Gasteiger partial charge in [-0.05, 0) is 71.5 Å². The zero-order chi connectivity index (χ0) is 16.5. The first-order valence-corrected chi connectivity index (χ1v) is 8.75. The van der Waals surface area contributed by atoms with Gasteiger partial charge in [-0.2, -0.15) is 0 Å². The van der Waals surface area contributed by atoms with Gasteiger partial charge in [-0.1, -0.05) is 54.6 Å². The average Bonchev–Trinajstić information content (AvgIpc) is 2.60. The molecule has 3 heteroatoms. The maximum Gasteiger partial charge on any atom is 0.0211 e. The molecule has 0 aromatic heterocycles. The molecule has 4 aromatic carbocycles. The van der Waals surface area contributed by atoms with Gasteiger partial charge in [0, 0.05) is 6.54 Å². The number of nitrogens with one attached hydrogen (secondary N) is 1. The molecule has 0 fully saturated rings. The van der Waals surface area contributed by atoms with Crippen molar-refractivity contribution in [2.45, 2.75) is 13.0 Å². The summed E-state index contributed by atoms with van der Waals surface area (Å²) in [6, 6.07) is 20.2. The third-order valence-corrected chi connectivity index (χ3v) is 4.89. The van der Waals surface area contributed by atoms with E-state index in [0.29, 0.717) is 0 Å². The second kappa shape index (κ2) is 7.57. The quantitative estimate of drug-likeness (QED) is 0.386. The van der Waals surface area contributed by atoms with Crippen molar-refractivity contribution in [3.8, 4) is 0 Å². The highest BCUT2D eigenvalue weighted by atomic mass is 35.5. The molecule has 0 aliphatic rings. The Balaban J connectivity index is 0.00000182. The largest absolute Gasteiger partial charge is 0.313 e. The summed E-state index contributed by atoms with van der Waals surface area (Å²) in [5.74, 6) is 0. The first kappa shape index (κ1) is 17.9. The summed E-state index contributed by atoms with van der Waals surface area (Å²) >= 11 is 0. The Labute approximate surface area is 155 Å². The van der Waals surface area contributed by atoms with Crippen LogP contribution in [0.3, 0.4) is 0 Å². The van der Waals surface area contributed by atoms with Crippen LogP contribution in [0, 0.1) is 0 Å². The molecule has 25 heavy (non-hydrogen) atoms. The third-order valence-electron chi connectivity index (χ3n) is 4.89. The van der Waals surface area contributed by atoms with E-state index in [1.54, 1.807) is 0 Å². The van der Waals surface area contributed by atoms with E-state index in [-0.39, 0.29) is 12.4 Å². The maximum atomic E-state index is 3.60. The lowest BCUT2D eigenvalue weighted by molar-refractivity contribution is 0.394. The molecule has 4 rings (SSSR count). The fourth-order valence-electron chi connectivity index (χ4n) is 3.69. The summed E-state index contributed by atoms with van der Waals surface area (Å²) in [5, 5.41) is 11.8. The highest BCUT2D eigenvalue weighted by Gasteiger charge is 2.10. The number of hydrogen-bond acceptors (Lipinski definition) is 2. The van der Waals surface area contributed by atoms with Gasteiger partial charge >= 0.3 is 0 Å². The minimum Gasteiger partial charge on any atom is -0.313 e. The lowest BCUT2D eigenvalue weighted by Gasteiger charge is -2.14. The molecule has 1 N–H and O–H groups in total. The number of rotatable bonds is 6. The van der Waals surface area contributed by atoms with E-state index >= 15 is 0 Å². The van der Waals surface area contributed by atoms with Crippen molar-refractivity contribution in [3.63, 3.8) is 0 Å². The molecule has 4 aromatic rings. The number of benzene rings is 4. The molecule has 0 atom stereocenters. The van der Waals surface area contributed by atoms with Crippen molar-refractivity contribution < 1.29 is 0 Å². The van der Waals surface area contributed by atoms with Crippen molar-refractivity contribution in [3.05, 3.63) is 60.2 Å². The van der Waals surface area contributed by atoms with Gasteiger partial charge in [0.15, 0.2) is 0 Å². The standard InChI is InChI=1S/C22H24N2.ClH/c1-24(2)14-4-13-23-15-19-10-9-18-8-7-16-5-3-6-17-11-12-20(19)22(18)21(16)17;/h3,5-12,23H,4,13-15H2,1-2H3;1H. The molecule has 0 spiro atoms. The third kappa shape index (κ3) is 3.43. The van der Waals surface area contributed by atoms with E-state index in [9.17, 15) is 0 Å². The SMILES string of the molecule is CN(C)CCCNCc1ccc2ccc3cccc4ccc1c2c34.Cl. The van der Waals surface area contributed by atoms with Gasteiger partial charge in [-0.15, -0.1) is 12.4 Å². The minimum absolute atomic E-state index is 0. The van der Waals surface area contributed by atoms with Crippen LogP contribution in [-0.2, 0) is 6.54 Å². The van der Waals surface area contributed by atoms with Crippen LogP contribution in [0.15, 0.2) is 54.6 Å². The van der Waals surface area contributed by atoms with Gasteiger partial charge < -0.3 is 10.2 Å². The van der Waals surface area contributed by atoms with Gasteiger partial charge in [0.1, 0.15) is 0 Å². The van der Waals surface area contributed by atoms with E-state index in [1.165, 1.54) is 44.3 Å². The topological polar surface area (TPSA) is 15.3 Å². The van der Waals surface area contributed by atoms with Crippen LogP contribution in [0.5, 0.6) is 0 Å². The summed E-state index contributed by atoms with van der Waals surface area (Å²) in [6.45, 7) is 3.12. The molecule has 0 heterocycles. The Bertz CT molecular complexity index is 962. The Morgan fingerprint density at radius 2 is 1.44 bits per heavy atom. The summed E-state index contributed by atoms with van der Waals surface area (Å²) in [6.07, 6.45) is 1.18. The summed E-state index contributed by atoms with van der Waals surface area (Å²) in [4.78, 5) is 2.23. The molecule has 0 radical (unpaired) electrons. The number of hydrogen-bond donors (Lipinski definition) is 1. The van der Waals surface area contributed by atoms with Gasteiger partial charge in [0.05, 0.1) is 0 Å². The lowest BCUT2D eigenvalue weighted by atomic mass is 9.92. The van der Waals surface area contributed by atoms with E-state index in [2.05, 4.69) is 78.9 Å². The fraction of sp³-hybridized carbons (Fsp3) is 0.273. The van der Waals surface area contributed by atoms with Gasteiger partial charge in [0.25, 0.3) is 0 Å². The van der Waals surface area contributed by atoms with Crippen molar-refractivity contribution in [1.82, 2.24) is 10.2 Å². The Kier molecular flexibility index (Phi) is 5.43. The fourth-order valence-corrected chi connectivity index (χ4v) is 3.69. The molecule has 0 saturated heterocycles. The van der Waals surface area contributed by atoms with Crippen LogP contribution in [0.2, 0.25) is 0 Å². The smallest absolute Gasteiger partial charge is 0.0211 e. The van der Waals surface area contributed by atoms with Crippen molar-refractivity contribution >= 4 is 44.7 Å². The van der Waals surface area contributed by atoms with E-state index in [4.69, 9.17) is 0 Å². The molecule has 0 aliphatic heterocycles. The van der Waals surface area contributed by atoms with Crippen molar-refractivity contribution in [1.29, 1.82) is 0 Å². The maximum absolute atomic E-state index is 3.60. The van der Waals surface area contributed by atoms with E-state index in [1.807, 2.05) is 0 Å². The first-order valence-electron chi connectivity index (χ1n) is 8.75. The van der Waals surface area contributed by atoms with Crippen LogP contribution in [-0.4, -0.2) is 32.1 Å². The molecular formula is C22H25ClN2. The number of halogens is 1. The van der Waals surface area contributed by atoms with E-state index < -0.39 is 0 Å². The number of nitrogens with zero attached hydrogens (tertiary/aromatic N) is 1. The Morgan fingerprint density at radius 3 is 2.16 bits per heavy atom. The molecule has 0 amide bonds. The zero-order valence-corrected chi connectivity index (χ0v) is 15.7. The Morgan fingerprint density at radius 1 is 0.800 bits per heavy atom. The summed E-state index contributed by atoms with van der Waals surface area (Å²) in [5.41, 5.74) is 1.39. The van der Waals surface area contributed by atoms with Crippen LogP contribution in [0.1, 0.15) is 12.0 Å². The van der Waals surface area contributed by atoms with Crippen molar-refractivity contribution in [2.75, 3.05) is 27.2 Å². The monoisotopic (exact) mass is 352 g/mol. The molecule has 0 unspecified atom stereocenters. The average molecular weight is 353 g/mol. The Hall–Kier alpha value is -1.87. The van der Waals surface area contributed by atoms with Crippen molar-refractivity contribution in [2.24, 2.45) is 0 Å². The summed E-state index contributed by atoms with van der Waals surface area (Å²) < 4.78 is 0. The summed E-state index contributed by atoms with van der Waals surface area (Å²) in [7, 11) is 4.25. The van der Waals surface area contributed by atoms with Crippen LogP contribution < -0.4 is 5.32 Å². The van der Waals surface area contributed by atoms with E-state index in [0.717, 1.165) is 19.6 Å². The first-order chi connectivity index (χ1) is 11.7. The van der Waals surface area contributed by atoms with Gasteiger partial charge in [0.2, 0.25) is 0 Å². The molecular weight excluding hydrogens is 328 g/mol. The van der Waals surface area contributed by atoms with Crippen LogP contribution in [0.25, 0.3) is 32.3 Å². The molecule has 0 saturated carbocycles. The highest BCUT2D eigenvalue weighted by molar-refractivity contribution is 6.23. The normalized spacial score (nSPS) is 11.6. The second-order valence-electron chi connectivity index (χ2n) is 6.91. The minimum atomic E-state index is 0. The molecule has 0 aliphatic carbocycles. The second-order valence-corrected chi connectivity index (χ2v) is 6.91.